The fourth-order valence-electron chi connectivity index (χ4n) is 1.56. The molecule has 0 unspecified atom stereocenters. The van der Waals surface area contributed by atoms with E-state index in [1.807, 2.05) is 0 Å². The van der Waals surface area contributed by atoms with Crippen molar-refractivity contribution in [2.45, 2.75) is 0 Å². The van der Waals surface area contributed by atoms with E-state index < -0.39 is 11.9 Å². The standard InChI is InChI=1S/C14H12N2O3/c15-11-7-3-1-5-9(11)13(17)19-14(18)10-6-2-4-8-12(10)16/h1-8H,15-16H2. The average molecular weight is 256 g/mol. The number of hydrogen-bond donors (Lipinski definition) is 2. The summed E-state index contributed by atoms with van der Waals surface area (Å²) in [5.74, 6) is -1.60. The lowest BCUT2D eigenvalue weighted by Gasteiger charge is -2.06. The lowest BCUT2D eigenvalue weighted by molar-refractivity contribution is 0.0399. The molecule has 0 aromatic heterocycles. The van der Waals surface area contributed by atoms with Crippen LogP contribution in [-0.4, -0.2) is 11.9 Å². The molecule has 2 aromatic rings. The number of nitrogen functional groups attached to an aromatic ring is 2. The van der Waals surface area contributed by atoms with Gasteiger partial charge in [0.25, 0.3) is 0 Å². The Bertz CT molecular complexity index is 583. The summed E-state index contributed by atoms with van der Waals surface area (Å²) < 4.78 is 4.75. The zero-order chi connectivity index (χ0) is 13.8. The number of hydrogen-bond acceptors (Lipinski definition) is 5. The first-order chi connectivity index (χ1) is 9.09. The first kappa shape index (κ1) is 12.6. The highest BCUT2D eigenvalue weighted by Gasteiger charge is 2.18. The van der Waals surface area contributed by atoms with Crippen molar-refractivity contribution in [3.05, 3.63) is 59.7 Å². The molecule has 0 heterocycles. The lowest BCUT2D eigenvalue weighted by atomic mass is 10.1. The third kappa shape index (κ3) is 2.71. The van der Waals surface area contributed by atoms with Gasteiger partial charge in [-0.25, -0.2) is 9.59 Å². The van der Waals surface area contributed by atoms with Crippen LogP contribution in [0.3, 0.4) is 0 Å². The molecule has 0 bridgehead atoms. The van der Waals surface area contributed by atoms with Crippen molar-refractivity contribution in [1.82, 2.24) is 0 Å². The Kier molecular flexibility index (Phi) is 3.47. The van der Waals surface area contributed by atoms with Crippen LogP contribution in [0.5, 0.6) is 0 Å². The van der Waals surface area contributed by atoms with Crippen LogP contribution in [0.2, 0.25) is 0 Å². The topological polar surface area (TPSA) is 95.4 Å². The zero-order valence-corrected chi connectivity index (χ0v) is 10.00. The van der Waals surface area contributed by atoms with Gasteiger partial charge in [0, 0.05) is 11.4 Å². The summed E-state index contributed by atoms with van der Waals surface area (Å²) in [6.45, 7) is 0. The maximum Gasteiger partial charge on any atom is 0.348 e. The van der Waals surface area contributed by atoms with Crippen molar-refractivity contribution >= 4 is 23.3 Å². The van der Waals surface area contributed by atoms with Crippen molar-refractivity contribution < 1.29 is 14.3 Å². The molecule has 2 aromatic carbocycles. The molecule has 4 N–H and O–H groups in total. The molecule has 0 atom stereocenters. The fraction of sp³-hybridized carbons (Fsp3) is 0. The quantitative estimate of drug-likeness (QED) is 0.485. The van der Waals surface area contributed by atoms with Gasteiger partial charge in [-0.1, -0.05) is 24.3 Å². The van der Waals surface area contributed by atoms with Gasteiger partial charge in [-0.05, 0) is 24.3 Å². The second-order valence-electron chi connectivity index (χ2n) is 3.85. The van der Waals surface area contributed by atoms with E-state index in [9.17, 15) is 9.59 Å². The summed E-state index contributed by atoms with van der Waals surface area (Å²) in [6, 6.07) is 12.7. The van der Waals surface area contributed by atoms with E-state index in [0.29, 0.717) is 0 Å². The Morgan fingerprint density at radius 3 is 1.47 bits per heavy atom. The highest BCUT2D eigenvalue weighted by atomic mass is 16.6. The molecule has 0 radical (unpaired) electrons. The normalized spacial score (nSPS) is 9.89. The molecule has 0 spiro atoms. The molecule has 0 aliphatic carbocycles. The molecule has 0 saturated heterocycles. The monoisotopic (exact) mass is 256 g/mol. The van der Waals surface area contributed by atoms with Crippen molar-refractivity contribution in [3.63, 3.8) is 0 Å². The molecule has 0 saturated carbocycles. The predicted molar refractivity (Wildman–Crippen MR) is 71.5 cm³/mol. The molecule has 0 fully saturated rings. The minimum Gasteiger partial charge on any atom is -0.398 e. The maximum absolute atomic E-state index is 11.8. The number of benzene rings is 2. The van der Waals surface area contributed by atoms with Crippen molar-refractivity contribution in [2.75, 3.05) is 11.5 Å². The second-order valence-corrected chi connectivity index (χ2v) is 3.85. The first-order valence-corrected chi connectivity index (χ1v) is 5.55. The van der Waals surface area contributed by atoms with E-state index in [1.54, 1.807) is 36.4 Å². The number of para-hydroxylation sites is 2. The van der Waals surface area contributed by atoms with E-state index >= 15 is 0 Å². The highest BCUT2D eigenvalue weighted by molar-refractivity contribution is 6.06. The summed E-state index contributed by atoms with van der Waals surface area (Å²) in [6.07, 6.45) is 0. The Morgan fingerprint density at radius 2 is 1.11 bits per heavy atom. The summed E-state index contributed by atoms with van der Waals surface area (Å²) >= 11 is 0. The summed E-state index contributed by atoms with van der Waals surface area (Å²) in [4.78, 5) is 23.6. The average Bonchev–Trinajstić information content (AvgIpc) is 2.39. The zero-order valence-electron chi connectivity index (χ0n) is 10.00. The van der Waals surface area contributed by atoms with Gasteiger partial charge in [0.15, 0.2) is 0 Å². The van der Waals surface area contributed by atoms with E-state index in [4.69, 9.17) is 16.2 Å². The molecule has 0 amide bonds. The van der Waals surface area contributed by atoms with Crippen molar-refractivity contribution in [3.8, 4) is 0 Å². The second kappa shape index (κ2) is 5.22. The van der Waals surface area contributed by atoms with E-state index in [-0.39, 0.29) is 22.5 Å². The maximum atomic E-state index is 11.8. The number of ether oxygens (including phenoxy) is 1. The van der Waals surface area contributed by atoms with E-state index in [2.05, 4.69) is 0 Å². The number of anilines is 2. The van der Waals surface area contributed by atoms with Gasteiger partial charge in [0.2, 0.25) is 0 Å². The van der Waals surface area contributed by atoms with Crippen LogP contribution in [-0.2, 0) is 4.74 Å². The molecule has 0 aliphatic heterocycles. The number of carbonyl (C=O) groups excluding carboxylic acids is 2. The van der Waals surface area contributed by atoms with Gasteiger partial charge < -0.3 is 16.2 Å². The van der Waals surface area contributed by atoms with Gasteiger partial charge in [-0.3, -0.25) is 0 Å². The van der Waals surface area contributed by atoms with Gasteiger partial charge in [0.05, 0.1) is 11.1 Å². The van der Waals surface area contributed by atoms with Crippen LogP contribution >= 0.6 is 0 Å². The molecule has 5 heteroatoms. The van der Waals surface area contributed by atoms with Crippen molar-refractivity contribution in [1.29, 1.82) is 0 Å². The number of esters is 2. The molecule has 2 rings (SSSR count). The lowest BCUT2D eigenvalue weighted by Crippen LogP contribution is -2.15. The Balaban J connectivity index is 2.19. The number of carbonyl (C=O) groups is 2. The smallest absolute Gasteiger partial charge is 0.348 e. The minimum atomic E-state index is -0.800. The molecule has 0 aliphatic rings. The van der Waals surface area contributed by atoms with Crippen LogP contribution in [0.4, 0.5) is 11.4 Å². The van der Waals surface area contributed by atoms with Crippen LogP contribution in [0.25, 0.3) is 0 Å². The summed E-state index contributed by atoms with van der Waals surface area (Å²) in [7, 11) is 0. The molecule has 96 valence electrons. The van der Waals surface area contributed by atoms with Gasteiger partial charge in [-0.2, -0.15) is 0 Å². The number of rotatable bonds is 2. The first-order valence-electron chi connectivity index (χ1n) is 5.55. The van der Waals surface area contributed by atoms with Gasteiger partial charge in [-0.15, -0.1) is 0 Å². The van der Waals surface area contributed by atoms with Gasteiger partial charge >= 0.3 is 11.9 Å². The van der Waals surface area contributed by atoms with E-state index in [1.165, 1.54) is 12.1 Å². The van der Waals surface area contributed by atoms with Crippen LogP contribution < -0.4 is 11.5 Å². The van der Waals surface area contributed by atoms with Crippen LogP contribution in [0, 0.1) is 0 Å². The van der Waals surface area contributed by atoms with Gasteiger partial charge in [0.1, 0.15) is 0 Å². The SMILES string of the molecule is Nc1ccccc1C(=O)OC(=O)c1ccccc1N. The fourth-order valence-corrected chi connectivity index (χ4v) is 1.56. The van der Waals surface area contributed by atoms with Crippen molar-refractivity contribution in [2.24, 2.45) is 0 Å². The largest absolute Gasteiger partial charge is 0.398 e. The number of nitrogens with two attached hydrogens (primary N) is 2. The Hall–Kier alpha value is -2.82. The van der Waals surface area contributed by atoms with E-state index in [0.717, 1.165) is 0 Å². The van der Waals surface area contributed by atoms with Crippen LogP contribution in [0.1, 0.15) is 20.7 Å². The van der Waals surface area contributed by atoms with Crippen LogP contribution in [0.15, 0.2) is 48.5 Å². The molecule has 5 nitrogen and oxygen atoms in total. The summed E-state index contributed by atoms with van der Waals surface area (Å²) in [5.41, 5.74) is 12.0. The molecule has 19 heavy (non-hydrogen) atoms. The Morgan fingerprint density at radius 1 is 0.737 bits per heavy atom. The predicted octanol–water partition coefficient (Wildman–Crippen LogP) is 1.85. The minimum absolute atomic E-state index is 0.144. The third-order valence-electron chi connectivity index (χ3n) is 2.55. The molecular weight excluding hydrogens is 244 g/mol. The third-order valence-corrected chi connectivity index (χ3v) is 2.55. The highest BCUT2D eigenvalue weighted by Crippen LogP contribution is 2.15. The Labute approximate surface area is 109 Å². The molecular formula is C14H12N2O3. The summed E-state index contributed by atoms with van der Waals surface area (Å²) in [5, 5.41) is 0.